The van der Waals surface area contributed by atoms with Crippen LogP contribution in [0, 0.1) is 0 Å². The van der Waals surface area contributed by atoms with Crippen LogP contribution in [-0.4, -0.2) is 13.7 Å². The molecule has 0 unspecified atom stereocenters. The summed E-state index contributed by atoms with van der Waals surface area (Å²) in [5.74, 6) is 0. The predicted molar refractivity (Wildman–Crippen MR) is 240 cm³/mol. The highest BCUT2D eigenvalue weighted by molar-refractivity contribution is 6.17. The molecule has 0 amide bonds. The summed E-state index contributed by atoms with van der Waals surface area (Å²) in [4.78, 5) is 0. The van der Waals surface area contributed by atoms with Crippen LogP contribution in [0.2, 0.25) is 0 Å². The fourth-order valence-electron chi connectivity index (χ4n) is 7.01. The molecule has 0 aliphatic carbocycles. The average Bonchev–Trinajstić information content (AvgIpc) is 1.52. The number of nitrogens with zero attached hydrogens (tertiary/aromatic N) is 3. The van der Waals surface area contributed by atoms with E-state index in [1.54, 1.807) is 0 Å². The van der Waals surface area contributed by atoms with Crippen LogP contribution >= 0.6 is 0 Å². The number of para-hydroxylation sites is 4. The van der Waals surface area contributed by atoms with E-state index in [9.17, 15) is 20.6 Å². The Hall–Kier alpha value is -7.62. The molecule has 12 aromatic rings. The third-order valence-corrected chi connectivity index (χ3v) is 9.39. The van der Waals surface area contributed by atoms with E-state index in [1.165, 1.54) is 0 Å². The van der Waals surface area contributed by atoms with Crippen LogP contribution in [0.4, 0.5) is 0 Å². The van der Waals surface area contributed by atoms with Gasteiger partial charge in [-0.1, -0.05) is 145 Å². The predicted octanol–water partition coefficient (Wildman–Crippen LogP) is 14.3. The molecule has 0 aliphatic rings. The Morgan fingerprint density at radius 2 is 0.667 bits per heavy atom. The minimum absolute atomic E-state index is 0.470. The zero-order valence-corrected chi connectivity index (χ0v) is 28.4. The van der Waals surface area contributed by atoms with Gasteiger partial charge >= 0.3 is 0 Å². The first-order chi connectivity index (χ1) is 42.4. The van der Waals surface area contributed by atoms with Gasteiger partial charge in [-0.15, -0.1) is 0 Å². The molecule has 3 nitrogen and oxygen atoms in total. The van der Waals surface area contributed by atoms with Crippen molar-refractivity contribution in [2.45, 2.75) is 0 Å². The summed E-state index contributed by atoms with van der Waals surface area (Å²) in [7, 11) is 0. The van der Waals surface area contributed by atoms with Gasteiger partial charge in [-0.05, 0) is 88.7 Å². The van der Waals surface area contributed by atoms with Gasteiger partial charge in [0.1, 0.15) is 0 Å². The summed E-state index contributed by atoms with van der Waals surface area (Å²) < 4.78 is 310. The maximum absolute atomic E-state index is 9.89. The first kappa shape index (κ1) is 13.0. The Kier molecular flexibility index (Phi) is 2.84. The molecule has 266 valence electrons. The number of benzene rings is 9. The van der Waals surface area contributed by atoms with E-state index in [0.29, 0.717) is 0 Å². The van der Waals surface area contributed by atoms with Crippen molar-refractivity contribution < 1.29 is 46.6 Å². The molecule has 0 radical (unpaired) electrons. The van der Waals surface area contributed by atoms with Crippen molar-refractivity contribution >= 4 is 65.4 Å². The van der Waals surface area contributed by atoms with Gasteiger partial charge in [0.05, 0.1) is 85.4 Å². The zero-order valence-electron chi connectivity index (χ0n) is 62.4. The fraction of sp³-hybridized carbons (Fsp3) is 0. The first-order valence-corrected chi connectivity index (χ1v) is 16.8. The number of fused-ring (bicyclic) bond motifs is 9. The van der Waals surface area contributed by atoms with E-state index >= 15 is 0 Å². The second-order valence-corrected chi connectivity index (χ2v) is 12.4. The summed E-state index contributed by atoms with van der Waals surface area (Å²) in [6, 6.07) is -31.3. The van der Waals surface area contributed by atoms with Gasteiger partial charge < -0.3 is 13.7 Å². The van der Waals surface area contributed by atoms with Crippen molar-refractivity contribution in [2.75, 3.05) is 0 Å². The van der Waals surface area contributed by atoms with Crippen molar-refractivity contribution in [3.05, 3.63) is 212 Å². The minimum atomic E-state index is -1.11. The highest BCUT2D eigenvalue weighted by Crippen LogP contribution is 2.41. The smallest absolute Gasteiger partial charge is 0.0646 e. The molecular weight excluding hydrogens is 691 g/mol. The van der Waals surface area contributed by atoms with Crippen LogP contribution in [0.15, 0.2) is 212 Å². The number of hydrogen-bond donors (Lipinski definition) is 0. The molecule has 9 aromatic carbocycles. The molecule has 0 bridgehead atoms. The van der Waals surface area contributed by atoms with E-state index in [0.717, 1.165) is 19.8 Å². The number of aromatic nitrogens is 3. The third kappa shape index (κ3) is 4.79. The van der Waals surface area contributed by atoms with Gasteiger partial charge in [0, 0.05) is 43.7 Å². The van der Waals surface area contributed by atoms with Crippen LogP contribution in [0.25, 0.3) is 105 Å². The molecule has 3 aromatic heterocycles. The van der Waals surface area contributed by atoms with E-state index in [2.05, 4.69) is 0 Å². The van der Waals surface area contributed by atoms with Crippen LogP contribution in [0.1, 0.15) is 46.6 Å². The molecule has 57 heavy (non-hydrogen) atoms. The SMILES string of the molecule is [2H]c1c([2H])c([2H])c(-c2c([2H])c([2H])c(-c3c([2H])c([2H])c(-n4c5c([2H])c([2H])c(-n6c7c([2H])c([2H])c([2H])c([2H])c7c7c(-n8c9c([2H])c([2H])c([2H])c([2H])c9c9c([2H])c([2H])c([2H])c([2H])c98)c([2H])c([2H])c([2H])c76)cc5c5c([2H])c([2H])c([2H])c([2H])c54)c([2H])c3[2H])c([2H])c2[2H])c([2H])c1[2H]. The van der Waals surface area contributed by atoms with Crippen LogP contribution < -0.4 is 0 Å². The Labute approximate surface area is 377 Å². The monoisotopic (exact) mass is 759 g/mol. The topological polar surface area (TPSA) is 14.8 Å². The molecule has 12 rings (SSSR count). The van der Waals surface area contributed by atoms with Gasteiger partial charge in [0.25, 0.3) is 0 Å². The lowest BCUT2D eigenvalue weighted by molar-refractivity contribution is 1.16. The highest BCUT2D eigenvalue weighted by atomic mass is 15.0. The summed E-state index contributed by atoms with van der Waals surface area (Å²) >= 11 is 0. The average molecular weight is 760 g/mol. The molecule has 0 aliphatic heterocycles. The van der Waals surface area contributed by atoms with Crippen molar-refractivity contribution in [2.24, 2.45) is 0 Å². The molecule has 0 fully saturated rings. The van der Waals surface area contributed by atoms with E-state index in [-0.39, 0.29) is 0 Å². The minimum Gasteiger partial charge on any atom is -0.309 e. The Balaban J connectivity index is 1.23. The molecule has 0 spiro atoms. The Morgan fingerprint density at radius 3 is 1.28 bits per heavy atom. The quantitative estimate of drug-likeness (QED) is 0.166. The van der Waals surface area contributed by atoms with Crippen molar-refractivity contribution in [3.8, 4) is 39.3 Å². The van der Waals surface area contributed by atoms with Crippen LogP contribution in [-0.2, 0) is 0 Å². The summed E-state index contributed by atoms with van der Waals surface area (Å²) in [5.41, 5.74) is -9.36. The number of hydrogen-bond acceptors (Lipinski definition) is 0. The lowest BCUT2D eigenvalue weighted by Crippen LogP contribution is -1.97. The van der Waals surface area contributed by atoms with Crippen molar-refractivity contribution in [1.82, 2.24) is 13.7 Å². The van der Waals surface area contributed by atoms with Crippen LogP contribution in [0.3, 0.4) is 0 Å². The standard InChI is InChI=1S/C54H35N3/c1-2-13-36(14-3-1)37-25-27-38(28-26-37)39-29-31-40(32-30-39)55-47-19-8-6-17-44(47)46-35-41(33-34-51(46)55)56-50-22-11-7-18-45(50)54-52(56)23-12-24-53(54)57-48-20-9-4-15-42(48)43-16-5-10-21-49(43)57/h1-35H/i1D,2D,3D,4D,5D,6D,7D,8D,9D,10D,11D,12D,13D,14D,15D,16D,17D,18D,19D,20D,21D,22D,23D,24D,25D,26D,27D,28D,29D,30D,31D,32D,33D,34D. The van der Waals surface area contributed by atoms with Gasteiger partial charge in [0.15, 0.2) is 0 Å². The van der Waals surface area contributed by atoms with Gasteiger partial charge in [-0.25, -0.2) is 0 Å². The van der Waals surface area contributed by atoms with Crippen molar-refractivity contribution in [1.29, 1.82) is 0 Å². The molecule has 0 saturated carbocycles. The molecular formula is C54H35N3. The third-order valence-electron chi connectivity index (χ3n) is 9.39. The Bertz CT molecular complexity index is 5360. The Morgan fingerprint density at radius 1 is 0.263 bits per heavy atom. The fourth-order valence-corrected chi connectivity index (χ4v) is 7.01. The van der Waals surface area contributed by atoms with Gasteiger partial charge in [-0.2, -0.15) is 0 Å². The summed E-state index contributed by atoms with van der Waals surface area (Å²) in [6.07, 6.45) is 0. The van der Waals surface area contributed by atoms with Crippen LogP contribution in [0.5, 0.6) is 0 Å². The van der Waals surface area contributed by atoms with E-state index < -0.39 is 310 Å². The maximum Gasteiger partial charge on any atom is 0.0646 e. The van der Waals surface area contributed by atoms with Gasteiger partial charge in [0.2, 0.25) is 0 Å². The normalized spacial score (nSPS) is 20.2. The maximum atomic E-state index is 9.89. The van der Waals surface area contributed by atoms with Crippen molar-refractivity contribution in [3.63, 3.8) is 0 Å². The molecule has 0 atom stereocenters. The molecule has 0 saturated heterocycles. The highest BCUT2D eigenvalue weighted by Gasteiger charge is 2.20. The summed E-state index contributed by atoms with van der Waals surface area (Å²) in [6.45, 7) is 0. The molecule has 3 heteroatoms. The largest absolute Gasteiger partial charge is 0.309 e. The first-order valence-electron chi connectivity index (χ1n) is 33.8. The second-order valence-electron chi connectivity index (χ2n) is 12.4. The lowest BCUT2D eigenvalue weighted by Gasteiger charge is -2.12. The van der Waals surface area contributed by atoms with E-state index in [4.69, 9.17) is 26.0 Å². The lowest BCUT2D eigenvalue weighted by atomic mass is 10.0. The number of rotatable bonds is 5. The zero-order chi connectivity index (χ0) is 67.0. The van der Waals surface area contributed by atoms with Gasteiger partial charge in [-0.3, -0.25) is 0 Å². The second kappa shape index (κ2) is 12.5. The summed E-state index contributed by atoms with van der Waals surface area (Å²) in [5, 5.41) is -3.23. The molecule has 3 heterocycles. The molecule has 0 N–H and O–H groups in total. The van der Waals surface area contributed by atoms with E-state index in [1.807, 2.05) is 0 Å².